The van der Waals surface area contributed by atoms with Crippen LogP contribution < -0.4 is 10.5 Å². The Morgan fingerprint density at radius 1 is 1.29 bits per heavy atom. The summed E-state index contributed by atoms with van der Waals surface area (Å²) in [4.78, 5) is 0.242. The minimum atomic E-state index is -3.58. The third-order valence-electron chi connectivity index (χ3n) is 3.61. The molecule has 0 saturated carbocycles. The monoisotopic (exact) mass is 336 g/mol. The first-order valence-electron chi connectivity index (χ1n) is 6.75. The van der Waals surface area contributed by atoms with Crippen molar-refractivity contribution in [2.24, 2.45) is 5.73 Å². The maximum atomic E-state index is 12.5. The zero-order valence-electron chi connectivity index (χ0n) is 12.8. The van der Waals surface area contributed by atoms with Crippen molar-refractivity contribution in [1.29, 1.82) is 0 Å². The highest BCUT2D eigenvalue weighted by molar-refractivity contribution is 7.89. The Morgan fingerprint density at radius 3 is 2.38 bits per heavy atom. The first kappa shape index (κ1) is 20.3. The van der Waals surface area contributed by atoms with E-state index in [2.05, 4.69) is 4.72 Å². The highest BCUT2D eigenvalue weighted by Crippen LogP contribution is 2.19. The van der Waals surface area contributed by atoms with Gasteiger partial charge in [0.05, 0.1) is 11.5 Å². The summed E-state index contributed by atoms with van der Waals surface area (Å²) >= 11 is 0. The van der Waals surface area contributed by atoms with E-state index in [1.165, 1.54) is 0 Å². The van der Waals surface area contributed by atoms with Crippen LogP contribution in [-0.2, 0) is 21.4 Å². The lowest BCUT2D eigenvalue weighted by molar-refractivity contribution is 0.184. The predicted octanol–water partition coefficient (Wildman–Crippen LogP) is 2.05. The molecule has 3 N–H and O–H groups in total. The molecule has 0 aliphatic rings. The number of methoxy groups -OCH3 is 1. The van der Waals surface area contributed by atoms with Crippen LogP contribution in [0.5, 0.6) is 0 Å². The normalized spacial score (nSPS) is 12.0. The molecule has 1 rings (SSSR count). The van der Waals surface area contributed by atoms with Crippen molar-refractivity contribution in [2.75, 3.05) is 13.7 Å². The van der Waals surface area contributed by atoms with Gasteiger partial charge in [-0.1, -0.05) is 26.0 Å². The summed E-state index contributed by atoms with van der Waals surface area (Å²) < 4.78 is 32.7. The molecule has 0 unspecified atom stereocenters. The van der Waals surface area contributed by atoms with E-state index in [9.17, 15) is 8.42 Å². The highest BCUT2D eigenvalue weighted by Gasteiger charge is 2.30. The number of sulfonamides is 1. The second-order valence-electron chi connectivity index (χ2n) is 4.88. The fourth-order valence-corrected chi connectivity index (χ4v) is 3.66. The number of nitrogens with one attached hydrogen (secondary N) is 1. The Kier molecular flexibility index (Phi) is 8.43. The summed E-state index contributed by atoms with van der Waals surface area (Å²) in [6.07, 6.45) is 1.30. The summed E-state index contributed by atoms with van der Waals surface area (Å²) in [5.41, 5.74) is 5.98. The molecule has 0 saturated heterocycles. The number of nitrogens with two attached hydrogens (primary N) is 1. The molecular formula is C14H25ClN2O3S. The van der Waals surface area contributed by atoms with Crippen LogP contribution in [0, 0.1) is 0 Å². The zero-order chi connectivity index (χ0) is 15.2. The van der Waals surface area contributed by atoms with Crippen molar-refractivity contribution < 1.29 is 13.2 Å². The molecule has 0 heterocycles. The third-order valence-corrected chi connectivity index (χ3v) is 5.19. The molecule has 0 bridgehead atoms. The molecular weight excluding hydrogens is 312 g/mol. The van der Waals surface area contributed by atoms with Crippen LogP contribution in [0.2, 0.25) is 0 Å². The van der Waals surface area contributed by atoms with E-state index in [1.807, 2.05) is 19.9 Å². The molecule has 5 nitrogen and oxygen atoms in total. The first-order valence-corrected chi connectivity index (χ1v) is 8.23. The quantitative estimate of drug-likeness (QED) is 0.761. The van der Waals surface area contributed by atoms with E-state index in [-0.39, 0.29) is 23.8 Å². The van der Waals surface area contributed by atoms with Crippen molar-refractivity contribution in [1.82, 2.24) is 4.72 Å². The molecule has 1 aromatic carbocycles. The van der Waals surface area contributed by atoms with Crippen LogP contribution in [0.15, 0.2) is 29.2 Å². The largest absolute Gasteiger partial charge is 0.380 e. The Labute approximate surface area is 133 Å². The van der Waals surface area contributed by atoms with Crippen molar-refractivity contribution in [3.63, 3.8) is 0 Å². The maximum Gasteiger partial charge on any atom is 0.241 e. The number of ether oxygens (including phenoxy) is 1. The molecule has 0 fully saturated rings. The lowest BCUT2D eigenvalue weighted by Gasteiger charge is -2.31. The molecule has 1 aromatic rings. The van der Waals surface area contributed by atoms with Gasteiger partial charge in [-0.15, -0.1) is 12.4 Å². The van der Waals surface area contributed by atoms with Gasteiger partial charge in [-0.25, -0.2) is 13.1 Å². The Morgan fingerprint density at radius 2 is 1.90 bits per heavy atom. The lowest BCUT2D eigenvalue weighted by atomic mass is 9.95. The van der Waals surface area contributed by atoms with E-state index >= 15 is 0 Å². The molecule has 0 aromatic heterocycles. The molecule has 0 radical (unpaired) electrons. The molecule has 0 spiro atoms. The van der Waals surface area contributed by atoms with Crippen LogP contribution >= 0.6 is 12.4 Å². The smallest absolute Gasteiger partial charge is 0.241 e. The van der Waals surface area contributed by atoms with E-state index in [0.29, 0.717) is 19.4 Å². The predicted molar refractivity (Wildman–Crippen MR) is 87.1 cm³/mol. The average Bonchev–Trinajstić information content (AvgIpc) is 2.46. The maximum absolute atomic E-state index is 12.5. The summed E-state index contributed by atoms with van der Waals surface area (Å²) in [6, 6.07) is 6.75. The van der Waals surface area contributed by atoms with Crippen LogP contribution in [0.25, 0.3) is 0 Å². The zero-order valence-corrected chi connectivity index (χ0v) is 14.4. The lowest BCUT2D eigenvalue weighted by Crippen LogP contribution is -2.52. The SMILES string of the molecule is CCC(CC)(CN)NS(=O)(=O)c1cccc(COC)c1.Cl. The minimum Gasteiger partial charge on any atom is -0.380 e. The van der Waals surface area contributed by atoms with Gasteiger partial charge in [0.2, 0.25) is 10.0 Å². The van der Waals surface area contributed by atoms with Crippen molar-refractivity contribution in [3.8, 4) is 0 Å². The third kappa shape index (κ3) is 5.23. The highest BCUT2D eigenvalue weighted by atomic mass is 35.5. The van der Waals surface area contributed by atoms with Crippen molar-refractivity contribution in [3.05, 3.63) is 29.8 Å². The standard InChI is InChI=1S/C14H24N2O3S.ClH/c1-4-14(5-2,11-15)16-20(17,18)13-8-6-7-12(9-13)10-19-3;/h6-9,16H,4-5,10-11,15H2,1-3H3;1H. The van der Waals surface area contributed by atoms with Crippen LogP contribution in [-0.4, -0.2) is 27.6 Å². The summed E-state index contributed by atoms with van der Waals surface area (Å²) in [5.74, 6) is 0. The number of hydrogen-bond donors (Lipinski definition) is 2. The molecule has 0 aliphatic carbocycles. The van der Waals surface area contributed by atoms with Crippen molar-refractivity contribution in [2.45, 2.75) is 43.7 Å². The molecule has 21 heavy (non-hydrogen) atoms. The van der Waals surface area contributed by atoms with Gasteiger partial charge in [0.1, 0.15) is 0 Å². The molecule has 0 aliphatic heterocycles. The Hall–Kier alpha value is -0.660. The van der Waals surface area contributed by atoms with Gasteiger partial charge in [-0.3, -0.25) is 0 Å². The van der Waals surface area contributed by atoms with Crippen molar-refractivity contribution >= 4 is 22.4 Å². The van der Waals surface area contributed by atoms with Crippen LogP contribution in [0.4, 0.5) is 0 Å². The number of halogens is 1. The number of hydrogen-bond acceptors (Lipinski definition) is 4. The van der Waals surface area contributed by atoms with Crippen LogP contribution in [0.1, 0.15) is 32.3 Å². The second-order valence-corrected chi connectivity index (χ2v) is 6.56. The summed E-state index contributed by atoms with van der Waals surface area (Å²) in [5, 5.41) is 0. The Balaban J connectivity index is 0.00000400. The second kappa shape index (κ2) is 8.70. The van der Waals surface area contributed by atoms with Gasteiger partial charge in [0.25, 0.3) is 0 Å². The van der Waals surface area contributed by atoms with Gasteiger partial charge in [0, 0.05) is 19.2 Å². The minimum absolute atomic E-state index is 0. The topological polar surface area (TPSA) is 81.4 Å². The Bertz CT molecular complexity index is 523. The van der Waals surface area contributed by atoms with Gasteiger partial charge in [0.15, 0.2) is 0 Å². The molecule has 7 heteroatoms. The van der Waals surface area contributed by atoms with Gasteiger partial charge in [-0.2, -0.15) is 0 Å². The molecule has 0 amide bonds. The van der Waals surface area contributed by atoms with Gasteiger partial charge in [-0.05, 0) is 30.5 Å². The first-order chi connectivity index (χ1) is 9.43. The van der Waals surface area contributed by atoms with E-state index in [0.717, 1.165) is 5.56 Å². The summed E-state index contributed by atoms with van der Waals surface area (Å²) in [6.45, 7) is 4.52. The average molecular weight is 337 g/mol. The molecule has 0 atom stereocenters. The fourth-order valence-electron chi connectivity index (χ4n) is 2.04. The molecule has 122 valence electrons. The van der Waals surface area contributed by atoms with Gasteiger partial charge < -0.3 is 10.5 Å². The van der Waals surface area contributed by atoms with Gasteiger partial charge >= 0.3 is 0 Å². The van der Waals surface area contributed by atoms with E-state index in [4.69, 9.17) is 10.5 Å². The number of benzene rings is 1. The van der Waals surface area contributed by atoms with Crippen LogP contribution in [0.3, 0.4) is 0 Å². The van der Waals surface area contributed by atoms with E-state index < -0.39 is 15.6 Å². The fraction of sp³-hybridized carbons (Fsp3) is 0.571. The van der Waals surface area contributed by atoms with E-state index in [1.54, 1.807) is 25.3 Å². The summed E-state index contributed by atoms with van der Waals surface area (Å²) in [7, 11) is -2.00. The number of rotatable bonds is 8.